The second-order valence-corrected chi connectivity index (χ2v) is 6.69. The van der Waals surface area contributed by atoms with Crippen LogP contribution in [0.1, 0.15) is 25.7 Å². The van der Waals surface area contributed by atoms with Crippen molar-refractivity contribution in [1.29, 1.82) is 0 Å². The van der Waals surface area contributed by atoms with Crippen molar-refractivity contribution in [3.8, 4) is 0 Å². The molecule has 1 unspecified atom stereocenters. The molecule has 1 fully saturated rings. The molecule has 1 saturated heterocycles. The van der Waals surface area contributed by atoms with Gasteiger partial charge in [-0.25, -0.2) is 18.5 Å². The van der Waals surface area contributed by atoms with Crippen LogP contribution in [0.2, 0.25) is 0 Å². The van der Waals surface area contributed by atoms with E-state index < -0.39 is 10.0 Å². The van der Waals surface area contributed by atoms with Crippen LogP contribution in [0, 0.1) is 0 Å². The minimum absolute atomic E-state index is 0.0602. The molecular formula is C13H22N4O2S. The minimum atomic E-state index is -3.67. The molecule has 112 valence electrons. The predicted octanol–water partition coefficient (Wildman–Crippen LogP) is 0.697. The summed E-state index contributed by atoms with van der Waals surface area (Å²) in [5.41, 5.74) is 0. The number of hydrogen-bond acceptors (Lipinski definition) is 5. The molecule has 0 saturated carbocycles. The molecule has 0 aliphatic carbocycles. The Kier molecular flexibility index (Phi) is 4.95. The highest BCUT2D eigenvalue weighted by molar-refractivity contribution is 7.89. The lowest BCUT2D eigenvalue weighted by Gasteiger charge is -2.36. The number of piperidine rings is 1. The van der Waals surface area contributed by atoms with Crippen LogP contribution in [0.25, 0.3) is 0 Å². The minimum Gasteiger partial charge on any atom is -0.354 e. The zero-order valence-corrected chi connectivity index (χ0v) is 12.6. The molecule has 2 heterocycles. The maximum Gasteiger partial charge on any atom is 0.239 e. The summed E-state index contributed by atoms with van der Waals surface area (Å²) in [5, 5.41) is 8.26. The van der Waals surface area contributed by atoms with Gasteiger partial charge < -0.3 is 10.2 Å². The van der Waals surface area contributed by atoms with Crippen LogP contribution >= 0.6 is 0 Å². The summed E-state index contributed by atoms with van der Waals surface area (Å²) in [6, 6.07) is 3.74. The highest BCUT2D eigenvalue weighted by atomic mass is 32.2. The van der Waals surface area contributed by atoms with Gasteiger partial charge in [0.25, 0.3) is 0 Å². The van der Waals surface area contributed by atoms with Gasteiger partial charge in [0.2, 0.25) is 10.0 Å². The van der Waals surface area contributed by atoms with Crippen molar-refractivity contribution in [2.75, 3.05) is 25.0 Å². The second kappa shape index (κ2) is 6.51. The molecule has 0 aromatic carbocycles. The Hall–Kier alpha value is -1.18. The normalized spacial score (nSPS) is 20.1. The first-order valence-electron chi connectivity index (χ1n) is 6.92. The van der Waals surface area contributed by atoms with E-state index in [2.05, 4.69) is 15.2 Å². The SMILES string of the molecule is CNCCC1CCCCN1c1ccc(S(N)(=O)=O)cn1. The molecule has 0 amide bonds. The van der Waals surface area contributed by atoms with Crippen molar-refractivity contribution in [2.24, 2.45) is 5.14 Å². The van der Waals surface area contributed by atoms with Crippen LogP contribution in [0.3, 0.4) is 0 Å². The number of rotatable bonds is 5. The fraction of sp³-hybridized carbons (Fsp3) is 0.615. The summed E-state index contributed by atoms with van der Waals surface area (Å²) in [6.07, 6.45) is 5.94. The largest absolute Gasteiger partial charge is 0.354 e. The third-order valence-electron chi connectivity index (χ3n) is 3.70. The number of aromatic nitrogens is 1. The Balaban J connectivity index is 2.15. The summed E-state index contributed by atoms with van der Waals surface area (Å²) in [5.74, 6) is 0.832. The summed E-state index contributed by atoms with van der Waals surface area (Å²) in [7, 11) is -1.72. The van der Waals surface area contributed by atoms with Crippen molar-refractivity contribution in [3.05, 3.63) is 18.3 Å². The van der Waals surface area contributed by atoms with Crippen LogP contribution in [0.15, 0.2) is 23.2 Å². The Morgan fingerprint density at radius 1 is 1.45 bits per heavy atom. The summed E-state index contributed by atoms with van der Waals surface area (Å²) >= 11 is 0. The van der Waals surface area contributed by atoms with Gasteiger partial charge in [0.1, 0.15) is 10.7 Å². The average Bonchev–Trinajstić information content (AvgIpc) is 2.45. The van der Waals surface area contributed by atoms with E-state index in [1.54, 1.807) is 6.07 Å². The lowest BCUT2D eigenvalue weighted by atomic mass is 9.99. The quantitative estimate of drug-likeness (QED) is 0.835. The average molecular weight is 298 g/mol. The van der Waals surface area contributed by atoms with Crippen LogP contribution in [-0.2, 0) is 10.0 Å². The van der Waals surface area contributed by atoms with Crippen LogP contribution in [-0.4, -0.2) is 39.6 Å². The van der Waals surface area contributed by atoms with Crippen molar-refractivity contribution in [1.82, 2.24) is 10.3 Å². The first kappa shape index (κ1) is 15.2. The molecule has 0 bridgehead atoms. The molecule has 3 N–H and O–H groups in total. The molecule has 0 radical (unpaired) electrons. The Morgan fingerprint density at radius 2 is 2.25 bits per heavy atom. The highest BCUT2D eigenvalue weighted by Gasteiger charge is 2.23. The molecule has 2 rings (SSSR count). The van der Waals surface area contributed by atoms with Crippen molar-refractivity contribution < 1.29 is 8.42 Å². The summed E-state index contributed by atoms with van der Waals surface area (Å²) < 4.78 is 22.5. The molecule has 20 heavy (non-hydrogen) atoms. The highest BCUT2D eigenvalue weighted by Crippen LogP contribution is 2.25. The first-order chi connectivity index (χ1) is 9.52. The fourth-order valence-corrected chi connectivity index (χ4v) is 3.08. The Bertz CT molecular complexity index is 530. The van der Waals surface area contributed by atoms with Gasteiger partial charge in [-0.15, -0.1) is 0 Å². The first-order valence-corrected chi connectivity index (χ1v) is 8.47. The van der Waals surface area contributed by atoms with Gasteiger partial charge in [0.05, 0.1) is 0 Å². The molecule has 1 aromatic rings. The van der Waals surface area contributed by atoms with Crippen molar-refractivity contribution in [3.63, 3.8) is 0 Å². The third kappa shape index (κ3) is 3.68. The molecule has 6 nitrogen and oxygen atoms in total. The van der Waals surface area contributed by atoms with Crippen LogP contribution < -0.4 is 15.4 Å². The lowest BCUT2D eigenvalue weighted by Crippen LogP contribution is -2.41. The topological polar surface area (TPSA) is 88.3 Å². The molecule has 1 aliphatic rings. The van der Waals surface area contributed by atoms with Gasteiger partial charge in [0, 0.05) is 18.8 Å². The van der Waals surface area contributed by atoms with Crippen molar-refractivity contribution >= 4 is 15.8 Å². The van der Waals surface area contributed by atoms with E-state index in [4.69, 9.17) is 5.14 Å². The van der Waals surface area contributed by atoms with Crippen molar-refractivity contribution in [2.45, 2.75) is 36.6 Å². The van der Waals surface area contributed by atoms with Crippen LogP contribution in [0.4, 0.5) is 5.82 Å². The number of hydrogen-bond donors (Lipinski definition) is 2. The zero-order valence-electron chi connectivity index (χ0n) is 11.7. The number of pyridine rings is 1. The zero-order chi connectivity index (χ0) is 14.6. The van der Waals surface area contributed by atoms with E-state index in [0.717, 1.165) is 38.2 Å². The number of primary sulfonamides is 1. The van der Waals surface area contributed by atoms with Gasteiger partial charge in [-0.1, -0.05) is 0 Å². The summed E-state index contributed by atoms with van der Waals surface area (Å²) in [6.45, 7) is 1.94. The Morgan fingerprint density at radius 3 is 2.85 bits per heavy atom. The standard InChI is InChI=1S/C13H22N4O2S/c1-15-8-7-11-4-2-3-9-17(11)13-6-5-12(10-16-13)20(14,18)19/h5-6,10-11,15H,2-4,7-9H2,1H3,(H2,14,18,19). The molecule has 1 atom stereocenters. The van der Waals surface area contributed by atoms with Gasteiger partial charge >= 0.3 is 0 Å². The smallest absolute Gasteiger partial charge is 0.239 e. The monoisotopic (exact) mass is 298 g/mol. The number of nitrogens with zero attached hydrogens (tertiary/aromatic N) is 2. The predicted molar refractivity (Wildman–Crippen MR) is 79.1 cm³/mol. The van der Waals surface area contributed by atoms with E-state index in [9.17, 15) is 8.42 Å². The van der Waals surface area contributed by atoms with Gasteiger partial charge in [-0.05, 0) is 51.4 Å². The van der Waals surface area contributed by atoms with Gasteiger partial charge in [-0.2, -0.15) is 0 Å². The van der Waals surface area contributed by atoms with Gasteiger partial charge in [0.15, 0.2) is 0 Å². The van der Waals surface area contributed by atoms with E-state index in [1.165, 1.54) is 18.7 Å². The van der Waals surface area contributed by atoms with E-state index >= 15 is 0 Å². The maximum atomic E-state index is 11.2. The number of nitrogens with one attached hydrogen (secondary N) is 1. The third-order valence-corrected chi connectivity index (χ3v) is 4.60. The summed E-state index contributed by atoms with van der Waals surface area (Å²) in [4.78, 5) is 6.61. The molecule has 0 spiro atoms. The molecule has 1 aliphatic heterocycles. The molecular weight excluding hydrogens is 276 g/mol. The number of nitrogens with two attached hydrogens (primary N) is 1. The number of anilines is 1. The van der Waals surface area contributed by atoms with E-state index in [1.807, 2.05) is 7.05 Å². The van der Waals surface area contributed by atoms with E-state index in [-0.39, 0.29) is 4.90 Å². The van der Waals surface area contributed by atoms with Crippen LogP contribution in [0.5, 0.6) is 0 Å². The fourth-order valence-electron chi connectivity index (χ4n) is 2.62. The van der Waals surface area contributed by atoms with E-state index in [0.29, 0.717) is 6.04 Å². The second-order valence-electron chi connectivity index (χ2n) is 5.13. The van der Waals surface area contributed by atoms with Gasteiger partial charge in [-0.3, -0.25) is 0 Å². The maximum absolute atomic E-state index is 11.2. The molecule has 7 heteroatoms. The molecule has 1 aromatic heterocycles. The number of sulfonamides is 1. The Labute approximate surface area is 120 Å². The lowest BCUT2D eigenvalue weighted by molar-refractivity contribution is 0.430.